The van der Waals surface area contributed by atoms with E-state index in [2.05, 4.69) is 28.2 Å². The molecule has 0 radical (unpaired) electrons. The van der Waals surface area contributed by atoms with Crippen LogP contribution in [0.4, 0.5) is 4.79 Å². The van der Waals surface area contributed by atoms with Crippen LogP contribution in [0.15, 0.2) is 0 Å². The molecule has 0 saturated heterocycles. The molecule has 4 nitrogen and oxygen atoms in total. The lowest BCUT2D eigenvalue weighted by Gasteiger charge is -2.38. The zero-order valence-electron chi connectivity index (χ0n) is 11.1. The van der Waals surface area contributed by atoms with Gasteiger partial charge in [0.25, 0.3) is 0 Å². The van der Waals surface area contributed by atoms with Crippen molar-refractivity contribution >= 4 is 27.8 Å². The van der Waals surface area contributed by atoms with Gasteiger partial charge in [-0.2, -0.15) is 0 Å². The molecule has 1 saturated carbocycles. The van der Waals surface area contributed by atoms with Gasteiger partial charge < -0.3 is 10.1 Å². The summed E-state index contributed by atoms with van der Waals surface area (Å²) in [6.07, 6.45) is 4.06. The molecule has 0 unspecified atom stereocenters. The Hall–Kier alpha value is -0.580. The fourth-order valence-corrected chi connectivity index (χ4v) is 3.08. The molecule has 0 spiro atoms. The van der Waals surface area contributed by atoms with E-state index in [1.807, 2.05) is 0 Å². The Morgan fingerprint density at radius 2 is 1.94 bits per heavy atom. The molecular formula is C13H22BrNO3. The molecule has 104 valence electrons. The van der Waals surface area contributed by atoms with Gasteiger partial charge in [0, 0.05) is 0 Å². The predicted molar refractivity (Wildman–Crippen MR) is 73.9 cm³/mol. The van der Waals surface area contributed by atoms with E-state index in [0.29, 0.717) is 12.5 Å². The second-order valence-electron chi connectivity index (χ2n) is 4.84. The van der Waals surface area contributed by atoms with Gasteiger partial charge in [-0.15, -0.1) is 0 Å². The third-order valence-electron chi connectivity index (χ3n) is 3.81. The van der Waals surface area contributed by atoms with E-state index >= 15 is 0 Å². The first-order chi connectivity index (χ1) is 8.57. The molecule has 1 rings (SSSR count). The molecule has 1 N–H and O–H groups in total. The van der Waals surface area contributed by atoms with E-state index in [9.17, 15) is 9.59 Å². The van der Waals surface area contributed by atoms with Crippen LogP contribution in [0.3, 0.4) is 0 Å². The Balaban J connectivity index is 2.72. The van der Waals surface area contributed by atoms with E-state index in [1.165, 1.54) is 0 Å². The van der Waals surface area contributed by atoms with Gasteiger partial charge in [-0.1, -0.05) is 29.3 Å². The molecule has 0 aromatic heterocycles. The lowest BCUT2D eigenvalue weighted by atomic mass is 9.74. The summed E-state index contributed by atoms with van der Waals surface area (Å²) in [4.78, 5) is 23.7. The molecule has 0 heterocycles. The first-order valence-electron chi connectivity index (χ1n) is 6.62. The largest absolute Gasteiger partial charge is 0.450 e. The summed E-state index contributed by atoms with van der Waals surface area (Å²) < 4.78 is 4.90. The van der Waals surface area contributed by atoms with E-state index in [1.54, 1.807) is 6.92 Å². The average molecular weight is 320 g/mol. The number of hydrogen-bond acceptors (Lipinski definition) is 3. The normalized spacial score (nSPS) is 27.6. The highest BCUT2D eigenvalue weighted by molar-refractivity contribution is 9.09. The van der Waals surface area contributed by atoms with Crippen LogP contribution in [0.5, 0.6) is 0 Å². The van der Waals surface area contributed by atoms with Crippen molar-refractivity contribution < 1.29 is 14.3 Å². The highest BCUT2D eigenvalue weighted by atomic mass is 79.9. The van der Waals surface area contributed by atoms with Crippen LogP contribution in [-0.2, 0) is 9.53 Å². The molecule has 1 fully saturated rings. The highest BCUT2D eigenvalue weighted by Gasteiger charge is 2.42. The van der Waals surface area contributed by atoms with E-state index in [0.717, 1.165) is 32.1 Å². The molecule has 0 bridgehead atoms. The predicted octanol–water partition coefficient (Wildman–Crippen LogP) is 3.04. The van der Waals surface area contributed by atoms with Crippen molar-refractivity contribution in [1.29, 1.82) is 0 Å². The Morgan fingerprint density at radius 1 is 1.33 bits per heavy atom. The summed E-state index contributed by atoms with van der Waals surface area (Å²) in [5, 5.41) is 3.06. The van der Waals surface area contributed by atoms with Gasteiger partial charge in [-0.3, -0.25) is 4.79 Å². The number of nitrogens with one attached hydrogen (secondary N) is 1. The van der Waals surface area contributed by atoms with Crippen LogP contribution in [0, 0.1) is 5.92 Å². The van der Waals surface area contributed by atoms with Crippen molar-refractivity contribution in [3.8, 4) is 0 Å². The van der Waals surface area contributed by atoms with Gasteiger partial charge in [0.15, 0.2) is 5.78 Å². The monoisotopic (exact) mass is 319 g/mol. The number of alkyl halides is 1. The Kier molecular flexibility index (Phi) is 6.12. The highest BCUT2D eigenvalue weighted by Crippen LogP contribution is 2.34. The van der Waals surface area contributed by atoms with Crippen molar-refractivity contribution in [3.05, 3.63) is 0 Å². The standard InChI is InChI=1S/C13H22BrNO3/c1-3-10-5-7-13(8-6-10,11(16)9-14)15-12(17)18-4-2/h10H,3-9H2,1-2H3,(H,15,17). The van der Waals surface area contributed by atoms with Crippen molar-refractivity contribution in [2.75, 3.05) is 11.9 Å². The second kappa shape index (κ2) is 7.12. The number of ketones is 1. The summed E-state index contributed by atoms with van der Waals surface area (Å²) >= 11 is 3.20. The molecule has 1 amide bonds. The van der Waals surface area contributed by atoms with Gasteiger partial charge in [-0.25, -0.2) is 4.79 Å². The van der Waals surface area contributed by atoms with Gasteiger partial charge in [0.1, 0.15) is 5.54 Å². The maximum absolute atomic E-state index is 12.1. The molecule has 18 heavy (non-hydrogen) atoms. The van der Waals surface area contributed by atoms with Crippen LogP contribution >= 0.6 is 15.9 Å². The summed E-state index contributed by atoms with van der Waals surface area (Å²) in [7, 11) is 0. The van der Waals surface area contributed by atoms with E-state index in [-0.39, 0.29) is 11.1 Å². The fourth-order valence-electron chi connectivity index (χ4n) is 2.54. The van der Waals surface area contributed by atoms with Crippen LogP contribution < -0.4 is 5.32 Å². The van der Waals surface area contributed by atoms with E-state index in [4.69, 9.17) is 4.74 Å². The third-order valence-corrected chi connectivity index (χ3v) is 4.32. The Morgan fingerprint density at radius 3 is 2.39 bits per heavy atom. The SMILES string of the molecule is CCOC(=O)NC1(C(=O)CBr)CCC(CC)CC1. The number of Topliss-reactive ketones (excluding diaryl/α,β-unsaturated/α-hetero) is 1. The van der Waals surface area contributed by atoms with Crippen molar-refractivity contribution in [1.82, 2.24) is 5.32 Å². The van der Waals surface area contributed by atoms with Gasteiger partial charge in [0.2, 0.25) is 0 Å². The number of halogens is 1. The smallest absolute Gasteiger partial charge is 0.407 e. The van der Waals surface area contributed by atoms with Crippen LogP contribution in [0.25, 0.3) is 0 Å². The molecule has 0 aromatic rings. The van der Waals surface area contributed by atoms with Crippen molar-refractivity contribution in [3.63, 3.8) is 0 Å². The fraction of sp³-hybridized carbons (Fsp3) is 0.846. The minimum atomic E-state index is -0.721. The molecule has 0 atom stereocenters. The van der Waals surface area contributed by atoms with E-state index < -0.39 is 11.6 Å². The topological polar surface area (TPSA) is 55.4 Å². The molecular weight excluding hydrogens is 298 g/mol. The quantitative estimate of drug-likeness (QED) is 0.792. The number of amides is 1. The minimum absolute atomic E-state index is 0.0464. The summed E-state index contributed by atoms with van der Waals surface area (Å²) in [6, 6.07) is 0. The summed E-state index contributed by atoms with van der Waals surface area (Å²) in [6.45, 7) is 4.25. The van der Waals surface area contributed by atoms with Crippen LogP contribution in [0.1, 0.15) is 46.0 Å². The molecule has 1 aliphatic carbocycles. The zero-order valence-corrected chi connectivity index (χ0v) is 12.7. The minimum Gasteiger partial charge on any atom is -0.450 e. The molecule has 0 aromatic carbocycles. The Bertz CT molecular complexity index is 299. The average Bonchev–Trinajstić information content (AvgIpc) is 2.38. The molecule has 0 aliphatic heterocycles. The number of carbonyl (C=O) groups excluding carboxylic acids is 2. The van der Waals surface area contributed by atoms with Crippen molar-refractivity contribution in [2.45, 2.75) is 51.5 Å². The van der Waals surface area contributed by atoms with Gasteiger partial charge in [-0.05, 0) is 38.5 Å². The maximum atomic E-state index is 12.1. The number of rotatable bonds is 5. The first-order valence-corrected chi connectivity index (χ1v) is 7.74. The van der Waals surface area contributed by atoms with Crippen LogP contribution in [-0.4, -0.2) is 29.4 Å². The molecule has 5 heteroatoms. The van der Waals surface area contributed by atoms with Gasteiger partial charge >= 0.3 is 6.09 Å². The molecule has 1 aliphatic rings. The number of carbonyl (C=O) groups is 2. The number of ether oxygens (including phenoxy) is 1. The first kappa shape index (κ1) is 15.5. The third kappa shape index (κ3) is 3.70. The Labute approximate surface area is 117 Å². The lowest BCUT2D eigenvalue weighted by molar-refractivity contribution is -0.124. The van der Waals surface area contributed by atoms with Crippen LogP contribution in [0.2, 0.25) is 0 Å². The zero-order chi connectivity index (χ0) is 13.6. The lowest BCUT2D eigenvalue weighted by Crippen LogP contribution is -2.57. The number of alkyl carbamates (subject to hydrolysis) is 1. The summed E-state index contributed by atoms with van der Waals surface area (Å²) in [5.74, 6) is 0.718. The summed E-state index contributed by atoms with van der Waals surface area (Å²) in [5.41, 5.74) is -0.721. The second-order valence-corrected chi connectivity index (χ2v) is 5.40. The van der Waals surface area contributed by atoms with Gasteiger partial charge in [0.05, 0.1) is 11.9 Å². The number of hydrogen-bond donors (Lipinski definition) is 1. The maximum Gasteiger partial charge on any atom is 0.407 e. The van der Waals surface area contributed by atoms with Crippen molar-refractivity contribution in [2.24, 2.45) is 5.92 Å².